The molecule has 122 valence electrons. The fourth-order valence-electron chi connectivity index (χ4n) is 2.75. The summed E-state index contributed by atoms with van der Waals surface area (Å²) >= 11 is 1.48. The minimum atomic E-state index is -0.467. The Bertz CT molecular complexity index is 706. The maximum atomic E-state index is 13.9. The van der Waals surface area contributed by atoms with Crippen molar-refractivity contribution in [3.8, 4) is 0 Å². The van der Waals surface area contributed by atoms with Gasteiger partial charge in [0.25, 0.3) is 0 Å². The first-order valence-corrected chi connectivity index (χ1v) is 8.38. The minimum Gasteiger partial charge on any atom is -0.329 e. The van der Waals surface area contributed by atoms with Gasteiger partial charge >= 0.3 is 6.03 Å². The Morgan fingerprint density at radius 2 is 2.13 bits per heavy atom. The summed E-state index contributed by atoms with van der Waals surface area (Å²) < 4.78 is 27.6. The lowest BCUT2D eigenvalue weighted by Crippen LogP contribution is -2.44. The van der Waals surface area contributed by atoms with Gasteiger partial charge in [0.05, 0.1) is 12.6 Å². The number of carbonyl (C=O) groups excluding carboxylic acids is 1. The molecule has 0 aliphatic carbocycles. The van der Waals surface area contributed by atoms with Gasteiger partial charge in [0.15, 0.2) is 0 Å². The van der Waals surface area contributed by atoms with Crippen molar-refractivity contribution in [1.82, 2.24) is 15.2 Å². The quantitative estimate of drug-likeness (QED) is 0.929. The first-order valence-electron chi connectivity index (χ1n) is 7.50. The van der Waals surface area contributed by atoms with Crippen molar-refractivity contribution in [2.24, 2.45) is 0 Å². The van der Waals surface area contributed by atoms with Crippen LogP contribution in [0.5, 0.6) is 0 Å². The lowest BCUT2D eigenvalue weighted by atomic mass is 9.99. The number of rotatable bonds is 3. The number of hydrogen-bond acceptors (Lipinski definition) is 3. The predicted molar refractivity (Wildman–Crippen MR) is 84.1 cm³/mol. The lowest BCUT2D eigenvalue weighted by Gasteiger charge is -2.30. The number of nitrogens with one attached hydrogen (secondary N) is 1. The normalized spacial score (nSPS) is 15.2. The monoisotopic (exact) mass is 337 g/mol. The molecule has 0 fully saturated rings. The van der Waals surface area contributed by atoms with Gasteiger partial charge in [-0.3, -0.25) is 0 Å². The van der Waals surface area contributed by atoms with Crippen LogP contribution in [0.3, 0.4) is 0 Å². The average molecular weight is 337 g/mol. The van der Waals surface area contributed by atoms with Crippen LogP contribution >= 0.6 is 11.3 Å². The lowest BCUT2D eigenvalue weighted by molar-refractivity contribution is 0.186. The van der Waals surface area contributed by atoms with Gasteiger partial charge in [0.1, 0.15) is 16.6 Å². The zero-order chi connectivity index (χ0) is 16.4. The first-order chi connectivity index (χ1) is 11.1. The van der Waals surface area contributed by atoms with E-state index in [-0.39, 0.29) is 24.2 Å². The summed E-state index contributed by atoms with van der Waals surface area (Å²) in [7, 11) is 0. The number of benzene rings is 1. The molecule has 0 spiro atoms. The van der Waals surface area contributed by atoms with Crippen molar-refractivity contribution in [3.63, 3.8) is 0 Å². The number of urea groups is 1. The van der Waals surface area contributed by atoms with E-state index in [1.165, 1.54) is 16.2 Å². The molecule has 1 N–H and O–H groups in total. The fraction of sp³-hybridized carbons (Fsp3) is 0.375. The van der Waals surface area contributed by atoms with Crippen LogP contribution in [-0.2, 0) is 13.0 Å². The highest BCUT2D eigenvalue weighted by Crippen LogP contribution is 2.25. The van der Waals surface area contributed by atoms with Crippen molar-refractivity contribution in [2.75, 3.05) is 6.54 Å². The average Bonchev–Trinajstić information content (AvgIpc) is 3.10. The highest BCUT2D eigenvalue weighted by Gasteiger charge is 2.27. The van der Waals surface area contributed by atoms with Crippen LogP contribution < -0.4 is 5.32 Å². The molecule has 1 aromatic carbocycles. The van der Waals surface area contributed by atoms with Crippen LogP contribution in [0.25, 0.3) is 0 Å². The van der Waals surface area contributed by atoms with Crippen LogP contribution in [0.2, 0.25) is 0 Å². The van der Waals surface area contributed by atoms with Crippen molar-refractivity contribution < 1.29 is 13.6 Å². The number of amides is 2. The third-order valence-corrected chi connectivity index (χ3v) is 4.93. The molecule has 0 radical (unpaired) electrons. The highest BCUT2D eigenvalue weighted by molar-refractivity contribution is 7.09. The maximum absolute atomic E-state index is 13.9. The number of carbonyl (C=O) groups is 1. The second-order valence-electron chi connectivity index (χ2n) is 5.44. The molecule has 1 aliphatic heterocycles. The molecule has 1 atom stereocenters. The topological polar surface area (TPSA) is 45.2 Å². The second kappa shape index (κ2) is 6.62. The smallest absolute Gasteiger partial charge is 0.318 e. The summed E-state index contributed by atoms with van der Waals surface area (Å²) in [4.78, 5) is 18.2. The Morgan fingerprint density at radius 3 is 2.78 bits per heavy atom. The Kier molecular flexibility index (Phi) is 4.56. The van der Waals surface area contributed by atoms with E-state index >= 15 is 0 Å². The van der Waals surface area contributed by atoms with Crippen molar-refractivity contribution >= 4 is 17.4 Å². The van der Waals surface area contributed by atoms with Crippen LogP contribution in [-0.4, -0.2) is 22.5 Å². The number of aromatic nitrogens is 1. The molecular formula is C16H17F2N3OS. The van der Waals surface area contributed by atoms with Gasteiger partial charge in [0, 0.05) is 23.7 Å². The third-order valence-electron chi connectivity index (χ3n) is 4.04. The summed E-state index contributed by atoms with van der Waals surface area (Å²) in [6, 6.07) is 1.81. The highest BCUT2D eigenvalue weighted by atomic mass is 32.1. The summed E-state index contributed by atoms with van der Waals surface area (Å²) in [6.07, 6.45) is 2.73. The fourth-order valence-corrected chi connectivity index (χ4v) is 3.53. The van der Waals surface area contributed by atoms with E-state index in [1.807, 2.05) is 12.3 Å². The molecule has 2 aromatic rings. The molecule has 7 heteroatoms. The van der Waals surface area contributed by atoms with Gasteiger partial charge in [-0.2, -0.15) is 0 Å². The van der Waals surface area contributed by atoms with Crippen molar-refractivity contribution in [3.05, 3.63) is 51.5 Å². The predicted octanol–water partition coefficient (Wildman–Crippen LogP) is 3.64. The zero-order valence-electron chi connectivity index (χ0n) is 12.7. The molecule has 1 aromatic heterocycles. The number of nitrogens with zero attached hydrogens (tertiary/aromatic N) is 2. The van der Waals surface area contributed by atoms with Crippen LogP contribution in [0.15, 0.2) is 23.7 Å². The standard InChI is InChI=1S/C16H17F2N3OS/c1-2-14(15-19-6-8-23-15)20-16(22)21-7-5-10-11(9-21)13(18)4-3-12(10)17/h3-4,6,8,14H,2,5,7,9H2,1H3,(H,20,22)/t14-/m1/s1. The van der Waals surface area contributed by atoms with E-state index in [9.17, 15) is 13.6 Å². The molecule has 4 nitrogen and oxygen atoms in total. The van der Waals surface area contributed by atoms with Gasteiger partial charge in [-0.25, -0.2) is 18.6 Å². The van der Waals surface area contributed by atoms with E-state index in [0.717, 1.165) is 17.1 Å². The van der Waals surface area contributed by atoms with Gasteiger partial charge in [-0.1, -0.05) is 6.92 Å². The van der Waals surface area contributed by atoms with E-state index in [0.29, 0.717) is 24.9 Å². The van der Waals surface area contributed by atoms with E-state index in [1.54, 1.807) is 6.20 Å². The van der Waals surface area contributed by atoms with Gasteiger partial charge in [0.2, 0.25) is 0 Å². The second-order valence-corrected chi connectivity index (χ2v) is 6.36. The summed E-state index contributed by atoms with van der Waals surface area (Å²) in [5.41, 5.74) is 0.648. The van der Waals surface area contributed by atoms with E-state index in [4.69, 9.17) is 0 Å². The molecule has 0 bridgehead atoms. The Balaban J connectivity index is 1.73. The molecule has 3 rings (SSSR count). The Labute approximate surface area is 137 Å². The van der Waals surface area contributed by atoms with Crippen LogP contribution in [0.1, 0.15) is 35.5 Å². The first kappa shape index (κ1) is 15.9. The maximum Gasteiger partial charge on any atom is 0.318 e. The third kappa shape index (κ3) is 3.19. The van der Waals surface area contributed by atoms with Gasteiger partial charge < -0.3 is 10.2 Å². The zero-order valence-corrected chi connectivity index (χ0v) is 13.5. The van der Waals surface area contributed by atoms with Gasteiger partial charge in [-0.15, -0.1) is 11.3 Å². The van der Waals surface area contributed by atoms with E-state index < -0.39 is 11.6 Å². The van der Waals surface area contributed by atoms with Gasteiger partial charge in [-0.05, 0) is 30.5 Å². The number of thiazole rings is 1. The minimum absolute atomic E-state index is 0.0824. The molecule has 2 heterocycles. The molecule has 0 saturated carbocycles. The number of hydrogen-bond donors (Lipinski definition) is 1. The van der Waals surface area contributed by atoms with E-state index in [2.05, 4.69) is 10.3 Å². The SMILES string of the molecule is CC[C@@H](NC(=O)N1CCc2c(F)ccc(F)c2C1)c1nccs1. The molecule has 2 amide bonds. The van der Waals surface area contributed by atoms with Crippen molar-refractivity contribution in [1.29, 1.82) is 0 Å². The molecule has 1 aliphatic rings. The Hall–Kier alpha value is -2.02. The van der Waals surface area contributed by atoms with Crippen molar-refractivity contribution in [2.45, 2.75) is 32.4 Å². The summed E-state index contributed by atoms with van der Waals surface area (Å²) in [5.74, 6) is -0.874. The summed E-state index contributed by atoms with van der Waals surface area (Å²) in [5, 5.41) is 5.63. The number of halogens is 2. The molecule has 23 heavy (non-hydrogen) atoms. The molecular weight excluding hydrogens is 320 g/mol. The largest absolute Gasteiger partial charge is 0.329 e. The Morgan fingerprint density at radius 1 is 1.39 bits per heavy atom. The molecule has 0 unspecified atom stereocenters. The number of fused-ring (bicyclic) bond motifs is 1. The van der Waals surface area contributed by atoms with Crippen LogP contribution in [0.4, 0.5) is 13.6 Å². The van der Waals surface area contributed by atoms with Crippen LogP contribution in [0, 0.1) is 11.6 Å². The molecule has 0 saturated heterocycles. The summed E-state index contributed by atoms with van der Waals surface area (Å²) in [6.45, 7) is 2.42.